The first-order chi connectivity index (χ1) is 8.48. The topological polar surface area (TPSA) is 72.2 Å². The van der Waals surface area contributed by atoms with Crippen LogP contribution in [-0.4, -0.2) is 8.42 Å². The second-order valence-electron chi connectivity index (χ2n) is 3.59. The second-order valence-corrected chi connectivity index (χ2v) is 6.97. The van der Waals surface area contributed by atoms with Gasteiger partial charge in [-0.15, -0.1) is 11.3 Å². The van der Waals surface area contributed by atoms with Gasteiger partial charge in [0.05, 0.1) is 12.2 Å². The Morgan fingerprint density at radius 3 is 2.61 bits per heavy atom. The number of sulfonamides is 1. The lowest BCUT2D eigenvalue weighted by atomic mass is 10.3. The predicted molar refractivity (Wildman–Crippen MR) is 77.2 cm³/mol. The van der Waals surface area contributed by atoms with Crippen LogP contribution in [0.25, 0.3) is 0 Å². The Kier molecular flexibility index (Phi) is 4.06. The number of benzene rings is 1. The number of primary sulfonamides is 1. The summed E-state index contributed by atoms with van der Waals surface area (Å²) in [6.45, 7) is 0.546. The van der Waals surface area contributed by atoms with Gasteiger partial charge in [0.1, 0.15) is 4.90 Å². The number of thiophene rings is 1. The maximum atomic E-state index is 11.4. The van der Waals surface area contributed by atoms with Crippen LogP contribution in [-0.2, 0) is 16.6 Å². The zero-order valence-corrected chi connectivity index (χ0v) is 12.5. The molecule has 0 aliphatic heterocycles. The molecule has 0 saturated heterocycles. The average Bonchev–Trinajstić information content (AvgIpc) is 2.71. The molecule has 0 atom stereocenters. The molecule has 0 spiro atoms. The van der Waals surface area contributed by atoms with Crippen molar-refractivity contribution >= 4 is 43.0 Å². The Morgan fingerprint density at radius 2 is 2.00 bits per heavy atom. The lowest BCUT2D eigenvalue weighted by molar-refractivity contribution is 0.598. The Bertz CT molecular complexity index is 653. The quantitative estimate of drug-likeness (QED) is 0.893. The summed E-state index contributed by atoms with van der Waals surface area (Å²) in [5, 5.41) is 10.2. The van der Waals surface area contributed by atoms with Gasteiger partial charge in [0.25, 0.3) is 0 Å². The third-order valence-corrected chi connectivity index (χ3v) is 5.22. The van der Waals surface area contributed by atoms with Crippen LogP contribution in [0.5, 0.6) is 0 Å². The summed E-state index contributed by atoms with van der Waals surface area (Å²) in [5.41, 5.74) is 0.514. The van der Waals surface area contributed by atoms with E-state index in [0.29, 0.717) is 12.2 Å². The minimum absolute atomic E-state index is 0.109. The first-order valence-electron chi connectivity index (χ1n) is 5.06. The van der Waals surface area contributed by atoms with Crippen LogP contribution < -0.4 is 10.5 Å². The number of hydrogen-bond acceptors (Lipinski definition) is 4. The molecule has 1 aromatic carbocycles. The molecule has 7 heteroatoms. The Labute approximate surface area is 118 Å². The molecule has 3 N–H and O–H groups in total. The summed E-state index contributed by atoms with van der Waals surface area (Å²) in [6, 6.07) is 8.54. The van der Waals surface area contributed by atoms with Crippen LogP contribution in [0.1, 0.15) is 4.88 Å². The fourth-order valence-corrected chi connectivity index (χ4v) is 3.63. The van der Waals surface area contributed by atoms with Crippen molar-refractivity contribution in [3.8, 4) is 0 Å². The molecule has 0 bridgehead atoms. The van der Waals surface area contributed by atoms with Crippen molar-refractivity contribution in [2.75, 3.05) is 5.32 Å². The zero-order valence-electron chi connectivity index (χ0n) is 9.26. The van der Waals surface area contributed by atoms with Crippen molar-refractivity contribution in [1.29, 1.82) is 0 Å². The van der Waals surface area contributed by atoms with E-state index >= 15 is 0 Å². The van der Waals surface area contributed by atoms with Crippen molar-refractivity contribution in [3.63, 3.8) is 0 Å². The van der Waals surface area contributed by atoms with Gasteiger partial charge in [-0.25, -0.2) is 13.6 Å². The van der Waals surface area contributed by atoms with E-state index in [4.69, 9.17) is 5.14 Å². The Balaban J connectivity index is 2.23. The summed E-state index contributed by atoms with van der Waals surface area (Å²) in [5.74, 6) is 0. The van der Waals surface area contributed by atoms with Gasteiger partial charge in [0, 0.05) is 9.35 Å². The molecule has 0 saturated carbocycles. The van der Waals surface area contributed by atoms with Gasteiger partial charge in [0.2, 0.25) is 10.0 Å². The van der Waals surface area contributed by atoms with E-state index in [-0.39, 0.29) is 4.90 Å². The van der Waals surface area contributed by atoms with Crippen LogP contribution in [0.15, 0.2) is 45.1 Å². The highest BCUT2D eigenvalue weighted by atomic mass is 79.9. The Morgan fingerprint density at radius 1 is 1.28 bits per heavy atom. The normalized spacial score (nSPS) is 11.4. The van der Waals surface area contributed by atoms with Crippen LogP contribution in [0.4, 0.5) is 5.69 Å². The van der Waals surface area contributed by atoms with Gasteiger partial charge in [0.15, 0.2) is 0 Å². The molecule has 2 aromatic rings. The monoisotopic (exact) mass is 346 g/mol. The molecule has 4 nitrogen and oxygen atoms in total. The summed E-state index contributed by atoms with van der Waals surface area (Å²) < 4.78 is 23.8. The number of anilines is 1. The standard InChI is InChI=1S/C11H11BrN2O2S2/c12-8-5-6-17-10(8)7-14-9-3-1-2-4-11(9)18(13,15)16/h1-6,14H,7H2,(H2,13,15,16). The molecule has 2 rings (SSSR count). The van der Waals surface area contributed by atoms with Crippen molar-refractivity contribution < 1.29 is 8.42 Å². The molecule has 96 valence electrons. The molecule has 18 heavy (non-hydrogen) atoms. The third-order valence-electron chi connectivity index (χ3n) is 2.32. The highest BCUT2D eigenvalue weighted by Gasteiger charge is 2.13. The van der Waals surface area contributed by atoms with Crippen molar-refractivity contribution in [2.24, 2.45) is 5.14 Å². The van der Waals surface area contributed by atoms with Crippen LogP contribution >= 0.6 is 27.3 Å². The van der Waals surface area contributed by atoms with Crippen molar-refractivity contribution in [2.45, 2.75) is 11.4 Å². The number of nitrogens with one attached hydrogen (secondary N) is 1. The molecule has 0 aliphatic carbocycles. The average molecular weight is 347 g/mol. The molecule has 0 radical (unpaired) electrons. The summed E-state index contributed by atoms with van der Waals surface area (Å²) in [7, 11) is -3.71. The number of hydrogen-bond donors (Lipinski definition) is 2. The van der Waals surface area contributed by atoms with Crippen LogP contribution in [0, 0.1) is 0 Å². The highest BCUT2D eigenvalue weighted by Crippen LogP contribution is 2.25. The molecule has 0 fully saturated rings. The zero-order chi connectivity index (χ0) is 13.2. The largest absolute Gasteiger partial charge is 0.379 e. The van der Waals surface area contributed by atoms with E-state index in [9.17, 15) is 8.42 Å². The minimum atomic E-state index is -3.71. The summed E-state index contributed by atoms with van der Waals surface area (Å²) in [6.07, 6.45) is 0. The molecule has 0 unspecified atom stereocenters. The van der Waals surface area contributed by atoms with Crippen molar-refractivity contribution in [3.05, 3.63) is 45.1 Å². The fourth-order valence-electron chi connectivity index (χ4n) is 1.49. The molecular weight excluding hydrogens is 336 g/mol. The van der Waals surface area contributed by atoms with Crippen molar-refractivity contribution in [1.82, 2.24) is 0 Å². The molecule has 1 heterocycles. The maximum absolute atomic E-state index is 11.4. The lowest BCUT2D eigenvalue weighted by Crippen LogP contribution is -2.14. The maximum Gasteiger partial charge on any atom is 0.240 e. The Hall–Kier alpha value is -0.890. The van der Waals surface area contributed by atoms with Gasteiger partial charge in [-0.1, -0.05) is 12.1 Å². The molecule has 1 aromatic heterocycles. The fraction of sp³-hybridized carbons (Fsp3) is 0.0909. The van der Waals surface area contributed by atoms with Crippen LogP contribution in [0.2, 0.25) is 0 Å². The van der Waals surface area contributed by atoms with E-state index in [1.807, 2.05) is 11.4 Å². The number of rotatable bonds is 4. The predicted octanol–water partition coefficient (Wildman–Crippen LogP) is 2.77. The minimum Gasteiger partial charge on any atom is -0.379 e. The van der Waals surface area contributed by atoms with Crippen LogP contribution in [0.3, 0.4) is 0 Å². The summed E-state index contributed by atoms with van der Waals surface area (Å²) in [4.78, 5) is 1.21. The molecule has 0 amide bonds. The summed E-state index contributed by atoms with van der Waals surface area (Å²) >= 11 is 5.02. The lowest BCUT2D eigenvalue weighted by Gasteiger charge is -2.09. The first kappa shape index (κ1) is 13.5. The number of nitrogens with two attached hydrogens (primary N) is 1. The van der Waals surface area contributed by atoms with Gasteiger partial charge in [-0.2, -0.15) is 0 Å². The SMILES string of the molecule is NS(=O)(=O)c1ccccc1NCc1sccc1Br. The van der Waals surface area contributed by atoms with Gasteiger partial charge < -0.3 is 5.32 Å². The highest BCUT2D eigenvalue weighted by molar-refractivity contribution is 9.10. The van der Waals surface area contributed by atoms with E-state index in [1.165, 1.54) is 6.07 Å². The van der Waals surface area contributed by atoms with E-state index in [1.54, 1.807) is 29.5 Å². The molecule has 0 aliphatic rings. The third kappa shape index (κ3) is 3.11. The van der Waals surface area contributed by atoms with E-state index in [2.05, 4.69) is 21.2 Å². The smallest absolute Gasteiger partial charge is 0.240 e. The van der Waals surface area contributed by atoms with Gasteiger partial charge in [-0.05, 0) is 39.5 Å². The first-order valence-corrected chi connectivity index (χ1v) is 8.28. The number of halogens is 1. The second kappa shape index (κ2) is 5.40. The molecular formula is C11H11BrN2O2S2. The van der Waals surface area contributed by atoms with Gasteiger partial charge in [-0.3, -0.25) is 0 Å². The van der Waals surface area contributed by atoms with E-state index in [0.717, 1.165) is 9.35 Å². The van der Waals surface area contributed by atoms with E-state index < -0.39 is 10.0 Å². The number of para-hydroxylation sites is 1. The van der Waals surface area contributed by atoms with Gasteiger partial charge >= 0.3 is 0 Å².